The first-order valence-electron chi connectivity index (χ1n) is 8.25. The van der Waals surface area contributed by atoms with Gasteiger partial charge in [0.25, 0.3) is 5.91 Å². The molecule has 1 aromatic carbocycles. The van der Waals surface area contributed by atoms with Gasteiger partial charge in [0, 0.05) is 5.56 Å². The van der Waals surface area contributed by atoms with Gasteiger partial charge in [-0.1, -0.05) is 32.0 Å². The molecular weight excluding hydrogens is 330 g/mol. The summed E-state index contributed by atoms with van der Waals surface area (Å²) in [4.78, 5) is 19.5. The Labute approximate surface area is 148 Å². The number of benzene rings is 1. The number of nitrogens with one attached hydrogen (secondary N) is 1. The van der Waals surface area contributed by atoms with Crippen LogP contribution in [0, 0.1) is 0 Å². The first kappa shape index (κ1) is 20.9. The summed E-state index contributed by atoms with van der Waals surface area (Å²) in [5.41, 5.74) is 7.19. The van der Waals surface area contributed by atoms with Crippen molar-refractivity contribution in [2.45, 2.75) is 38.5 Å². The lowest BCUT2D eigenvalue weighted by Crippen LogP contribution is -2.58. The van der Waals surface area contributed by atoms with Crippen molar-refractivity contribution in [1.29, 1.82) is 0 Å². The Morgan fingerprint density at radius 2 is 2.00 bits per heavy atom. The molecule has 0 saturated heterocycles. The summed E-state index contributed by atoms with van der Waals surface area (Å²) in [7, 11) is 0. The summed E-state index contributed by atoms with van der Waals surface area (Å²) in [6, 6.07) is 8.60. The third kappa shape index (κ3) is 6.37. The fourth-order valence-electron chi connectivity index (χ4n) is 2.27. The van der Waals surface area contributed by atoms with Crippen molar-refractivity contribution in [3.05, 3.63) is 35.9 Å². The number of rotatable bonds is 11. The molecular formula is C17H28ClN3O3. The lowest BCUT2D eigenvalue weighted by molar-refractivity contribution is -0.141. The highest BCUT2D eigenvalue weighted by atomic mass is 35.5. The number of carbonyl (C=O) groups is 1. The number of hydrogen-bond donors (Lipinski definition) is 3. The molecule has 4 N–H and O–H groups in total. The molecule has 1 aromatic rings. The largest absolute Gasteiger partial charge is 0.389 e. The average Bonchev–Trinajstić information content (AvgIpc) is 2.63. The highest BCUT2D eigenvalue weighted by Crippen LogP contribution is 2.16. The van der Waals surface area contributed by atoms with Crippen molar-refractivity contribution in [2.75, 3.05) is 25.5 Å². The predicted molar refractivity (Wildman–Crippen MR) is 95.7 cm³/mol. The van der Waals surface area contributed by atoms with Gasteiger partial charge in [-0.3, -0.25) is 10.5 Å². The standard InChI is InChI=1S/C17H28ClN3O3/c1-3-21(4-2)12-8-11-15(22)17(19,13-18)24-20-16(23)14-9-6-5-7-10-14/h5-7,9-10,15,22H,3-4,8,11-13,19H2,1-2H3,(H,20,23). The number of amides is 1. The molecule has 0 aliphatic rings. The molecule has 136 valence electrons. The topological polar surface area (TPSA) is 87.8 Å². The Bertz CT molecular complexity index is 485. The smallest absolute Gasteiger partial charge is 0.274 e. The van der Waals surface area contributed by atoms with Crippen LogP contribution in [0.15, 0.2) is 30.3 Å². The van der Waals surface area contributed by atoms with Crippen molar-refractivity contribution < 1.29 is 14.7 Å². The first-order chi connectivity index (χ1) is 11.5. The summed E-state index contributed by atoms with van der Waals surface area (Å²) >= 11 is 5.86. The maximum Gasteiger partial charge on any atom is 0.274 e. The molecule has 0 aromatic heterocycles. The molecule has 2 atom stereocenters. The van der Waals surface area contributed by atoms with E-state index in [4.69, 9.17) is 22.2 Å². The highest BCUT2D eigenvalue weighted by Gasteiger charge is 2.35. The molecule has 0 aliphatic heterocycles. The molecule has 0 bridgehead atoms. The number of aliphatic hydroxyl groups excluding tert-OH is 1. The minimum absolute atomic E-state index is 0.144. The van der Waals surface area contributed by atoms with Crippen molar-refractivity contribution in [3.8, 4) is 0 Å². The summed E-state index contributed by atoms with van der Waals surface area (Å²) in [6.07, 6.45) is 0.205. The zero-order valence-corrected chi connectivity index (χ0v) is 15.1. The van der Waals surface area contributed by atoms with Crippen molar-refractivity contribution >= 4 is 17.5 Å². The number of nitrogens with zero attached hydrogens (tertiary/aromatic N) is 1. The van der Waals surface area contributed by atoms with Gasteiger partial charge in [0.1, 0.15) is 6.10 Å². The van der Waals surface area contributed by atoms with Crippen LogP contribution in [0.3, 0.4) is 0 Å². The van der Waals surface area contributed by atoms with Crippen molar-refractivity contribution in [1.82, 2.24) is 10.4 Å². The van der Waals surface area contributed by atoms with E-state index in [1.807, 2.05) is 6.07 Å². The molecule has 0 radical (unpaired) electrons. The number of alkyl halides is 1. The third-order valence-corrected chi connectivity index (χ3v) is 4.41. The third-order valence-electron chi connectivity index (χ3n) is 3.99. The number of nitrogens with two attached hydrogens (primary N) is 1. The number of hydroxylamine groups is 1. The number of hydrogen-bond acceptors (Lipinski definition) is 5. The van der Waals surface area contributed by atoms with E-state index >= 15 is 0 Å². The molecule has 6 nitrogen and oxygen atoms in total. The van der Waals surface area contributed by atoms with E-state index in [0.29, 0.717) is 12.0 Å². The zero-order valence-electron chi connectivity index (χ0n) is 14.4. The van der Waals surface area contributed by atoms with E-state index in [2.05, 4.69) is 24.2 Å². The SMILES string of the molecule is CCN(CC)CCCC(O)C(N)(CCl)ONC(=O)c1ccccc1. The Morgan fingerprint density at radius 3 is 2.54 bits per heavy atom. The second kappa shape index (κ2) is 10.6. The van der Waals surface area contributed by atoms with E-state index in [1.54, 1.807) is 24.3 Å². The molecule has 2 unspecified atom stereocenters. The van der Waals surface area contributed by atoms with Gasteiger partial charge in [-0.15, -0.1) is 11.6 Å². The fourth-order valence-corrected chi connectivity index (χ4v) is 2.50. The van der Waals surface area contributed by atoms with Crippen molar-refractivity contribution in [3.63, 3.8) is 0 Å². The maximum atomic E-state index is 12.0. The quantitative estimate of drug-likeness (QED) is 0.319. The van der Waals surface area contributed by atoms with E-state index in [1.165, 1.54) is 0 Å². The van der Waals surface area contributed by atoms with E-state index in [9.17, 15) is 9.90 Å². The molecule has 0 heterocycles. The average molecular weight is 358 g/mol. The second-order valence-corrected chi connectivity index (χ2v) is 5.94. The zero-order chi connectivity index (χ0) is 18.0. The monoisotopic (exact) mass is 357 g/mol. The Morgan fingerprint density at radius 1 is 1.38 bits per heavy atom. The molecule has 0 fully saturated rings. The van der Waals surface area contributed by atoms with E-state index in [-0.39, 0.29) is 5.88 Å². The summed E-state index contributed by atoms with van der Waals surface area (Å²) in [5.74, 6) is -0.583. The van der Waals surface area contributed by atoms with Crippen LogP contribution in [0.1, 0.15) is 37.0 Å². The van der Waals surface area contributed by atoms with Gasteiger partial charge in [0.05, 0.1) is 5.88 Å². The minimum atomic E-state index is -1.53. The Hall–Kier alpha value is -1.18. The van der Waals surface area contributed by atoms with E-state index < -0.39 is 17.7 Å². The molecule has 24 heavy (non-hydrogen) atoms. The van der Waals surface area contributed by atoms with E-state index in [0.717, 1.165) is 26.1 Å². The van der Waals surface area contributed by atoms with Crippen LogP contribution in [-0.2, 0) is 4.84 Å². The second-order valence-electron chi connectivity index (χ2n) is 5.67. The van der Waals surface area contributed by atoms with Crippen LogP contribution in [0.2, 0.25) is 0 Å². The van der Waals surface area contributed by atoms with Crippen molar-refractivity contribution in [2.24, 2.45) is 5.73 Å². The summed E-state index contributed by atoms with van der Waals surface area (Å²) < 4.78 is 0. The molecule has 0 aliphatic carbocycles. The summed E-state index contributed by atoms with van der Waals surface area (Å²) in [6.45, 7) is 6.96. The number of carbonyl (C=O) groups excluding carboxylic acids is 1. The van der Waals surface area contributed by atoms with Crippen LogP contribution in [0.4, 0.5) is 0 Å². The van der Waals surface area contributed by atoms with Gasteiger partial charge in [-0.05, 0) is 44.6 Å². The van der Waals surface area contributed by atoms with Crippen LogP contribution >= 0.6 is 11.6 Å². The van der Waals surface area contributed by atoms with Gasteiger partial charge >= 0.3 is 0 Å². The van der Waals surface area contributed by atoms with Gasteiger partial charge in [0.15, 0.2) is 5.72 Å². The Kier molecular flexibility index (Phi) is 9.25. The predicted octanol–water partition coefficient (Wildman–Crippen LogP) is 1.72. The fraction of sp³-hybridized carbons (Fsp3) is 0.588. The lowest BCUT2D eigenvalue weighted by atomic mass is 10.0. The van der Waals surface area contributed by atoms with Crippen LogP contribution in [0.25, 0.3) is 0 Å². The normalized spacial score (nSPS) is 15.1. The molecule has 1 rings (SSSR count). The Balaban J connectivity index is 2.50. The van der Waals surface area contributed by atoms with Crippen LogP contribution < -0.4 is 11.2 Å². The number of halogens is 1. The van der Waals surface area contributed by atoms with Gasteiger partial charge in [-0.25, -0.2) is 10.3 Å². The lowest BCUT2D eigenvalue weighted by Gasteiger charge is -2.32. The maximum absolute atomic E-state index is 12.0. The first-order valence-corrected chi connectivity index (χ1v) is 8.79. The minimum Gasteiger partial charge on any atom is -0.389 e. The van der Waals surface area contributed by atoms with Crippen LogP contribution in [0.5, 0.6) is 0 Å². The summed E-state index contributed by atoms with van der Waals surface area (Å²) in [5, 5.41) is 10.3. The molecule has 7 heteroatoms. The van der Waals surface area contributed by atoms with Gasteiger partial charge in [0.2, 0.25) is 0 Å². The highest BCUT2D eigenvalue weighted by molar-refractivity contribution is 6.18. The molecule has 0 spiro atoms. The van der Waals surface area contributed by atoms with Gasteiger partial charge < -0.3 is 10.0 Å². The van der Waals surface area contributed by atoms with Gasteiger partial charge in [-0.2, -0.15) is 0 Å². The molecule has 0 saturated carbocycles. The number of aliphatic hydroxyl groups is 1. The molecule has 1 amide bonds. The van der Waals surface area contributed by atoms with Crippen LogP contribution in [-0.4, -0.2) is 53.3 Å².